The molecule has 0 bridgehead atoms. The lowest BCUT2D eigenvalue weighted by Gasteiger charge is -2.01. The zero-order chi connectivity index (χ0) is 13.8. The maximum atomic E-state index is 11.3. The van der Waals surface area contributed by atoms with Crippen molar-refractivity contribution in [2.24, 2.45) is 0 Å². The minimum absolute atomic E-state index is 0.157. The molecule has 2 rings (SSSR count). The van der Waals surface area contributed by atoms with Crippen molar-refractivity contribution < 1.29 is 9.53 Å². The molecule has 102 valence electrons. The van der Waals surface area contributed by atoms with Gasteiger partial charge in [-0.05, 0) is 47.8 Å². The molecule has 1 aromatic heterocycles. The summed E-state index contributed by atoms with van der Waals surface area (Å²) < 4.78 is 5.74. The van der Waals surface area contributed by atoms with Crippen LogP contribution in [-0.2, 0) is 16.0 Å². The highest BCUT2D eigenvalue weighted by atomic mass is 79.9. The number of carbonyl (C=O) groups excluding carboxylic acids is 1. The molecule has 19 heavy (non-hydrogen) atoms. The van der Waals surface area contributed by atoms with Gasteiger partial charge in [-0.15, -0.1) is 0 Å². The predicted octanol–water partition coefficient (Wildman–Crippen LogP) is 3.86. The van der Waals surface area contributed by atoms with Crippen molar-refractivity contribution >= 4 is 44.4 Å². The number of carbonyl (C=O) groups is 1. The average molecular weight is 346 g/mol. The van der Waals surface area contributed by atoms with Gasteiger partial charge >= 0.3 is 5.97 Å². The Kier molecular flexibility index (Phi) is 4.82. The third-order valence-electron chi connectivity index (χ3n) is 2.79. The smallest absolute Gasteiger partial charge is 0.305 e. The number of hydrogen-bond acceptors (Lipinski definition) is 3. The number of aromatic amines is 1. The molecule has 1 heterocycles. The van der Waals surface area contributed by atoms with E-state index in [2.05, 4.69) is 26.1 Å². The van der Waals surface area contributed by atoms with Gasteiger partial charge in [0, 0.05) is 22.0 Å². The number of benzene rings is 1. The van der Waals surface area contributed by atoms with Crippen LogP contribution in [0.15, 0.2) is 16.6 Å². The normalized spacial score (nSPS) is 10.9. The number of ether oxygens (including phenoxy) is 1. The third-order valence-corrected chi connectivity index (χ3v) is 3.99. The summed E-state index contributed by atoms with van der Waals surface area (Å²) in [5, 5.41) is 8.86. The fourth-order valence-electron chi connectivity index (χ4n) is 1.89. The first-order valence-corrected chi connectivity index (χ1v) is 7.26. The Morgan fingerprint density at radius 2 is 2.32 bits per heavy atom. The summed E-state index contributed by atoms with van der Waals surface area (Å²) >= 11 is 9.42. The van der Waals surface area contributed by atoms with Gasteiger partial charge < -0.3 is 4.74 Å². The Labute approximate surface area is 124 Å². The number of esters is 1. The van der Waals surface area contributed by atoms with Gasteiger partial charge in [-0.1, -0.05) is 11.6 Å². The van der Waals surface area contributed by atoms with Crippen LogP contribution in [0.1, 0.15) is 25.5 Å². The van der Waals surface area contributed by atoms with Crippen LogP contribution in [0.2, 0.25) is 5.02 Å². The van der Waals surface area contributed by atoms with E-state index < -0.39 is 0 Å². The zero-order valence-corrected chi connectivity index (χ0v) is 12.8. The van der Waals surface area contributed by atoms with Crippen LogP contribution in [0.5, 0.6) is 0 Å². The summed E-state index contributed by atoms with van der Waals surface area (Å²) in [6.45, 7) is 2.23. The van der Waals surface area contributed by atoms with Gasteiger partial charge in [0.05, 0.1) is 17.1 Å². The minimum atomic E-state index is -0.157. The first-order valence-electron chi connectivity index (χ1n) is 6.09. The first kappa shape index (κ1) is 14.3. The van der Waals surface area contributed by atoms with E-state index in [4.69, 9.17) is 16.3 Å². The molecule has 0 radical (unpaired) electrons. The number of aromatic nitrogens is 2. The van der Waals surface area contributed by atoms with E-state index in [9.17, 15) is 4.79 Å². The molecule has 4 nitrogen and oxygen atoms in total. The van der Waals surface area contributed by atoms with Gasteiger partial charge in [-0.25, -0.2) is 0 Å². The second-order valence-electron chi connectivity index (χ2n) is 4.14. The molecular weight excluding hydrogens is 332 g/mol. The standard InChI is InChI=1S/C13H14BrClN2O2/c1-2-19-13(18)5-3-4-11-8-6-9(14)10(15)7-12(8)17-16-11/h6-7H,2-5H2,1H3,(H,16,17). The Hall–Kier alpha value is -1.07. The van der Waals surface area contributed by atoms with Crippen LogP contribution in [0, 0.1) is 0 Å². The quantitative estimate of drug-likeness (QED) is 0.837. The topological polar surface area (TPSA) is 55.0 Å². The summed E-state index contributed by atoms with van der Waals surface area (Å²) in [5.74, 6) is -0.157. The third kappa shape index (κ3) is 3.48. The molecule has 1 N–H and O–H groups in total. The molecule has 0 aliphatic carbocycles. The maximum Gasteiger partial charge on any atom is 0.305 e. The molecule has 0 aliphatic rings. The minimum Gasteiger partial charge on any atom is -0.466 e. The summed E-state index contributed by atoms with van der Waals surface area (Å²) in [6, 6.07) is 3.76. The molecule has 0 saturated carbocycles. The average Bonchev–Trinajstić information content (AvgIpc) is 2.73. The van der Waals surface area contributed by atoms with Crippen molar-refractivity contribution in [2.75, 3.05) is 6.61 Å². The van der Waals surface area contributed by atoms with Gasteiger partial charge in [0.1, 0.15) is 0 Å². The van der Waals surface area contributed by atoms with Crippen molar-refractivity contribution in [3.63, 3.8) is 0 Å². The lowest BCUT2D eigenvalue weighted by molar-refractivity contribution is -0.143. The molecule has 0 fully saturated rings. The van der Waals surface area contributed by atoms with E-state index in [0.29, 0.717) is 18.1 Å². The lowest BCUT2D eigenvalue weighted by Crippen LogP contribution is -2.04. The monoisotopic (exact) mass is 344 g/mol. The molecule has 0 amide bonds. The van der Waals surface area contributed by atoms with Gasteiger partial charge in [0.25, 0.3) is 0 Å². The summed E-state index contributed by atoms with van der Waals surface area (Å²) in [6.07, 6.45) is 1.91. The number of rotatable bonds is 5. The molecular formula is C13H14BrClN2O2. The number of halogens is 2. The van der Waals surface area contributed by atoms with E-state index in [1.54, 1.807) is 0 Å². The number of H-pyrrole nitrogens is 1. The van der Waals surface area contributed by atoms with Crippen LogP contribution in [0.4, 0.5) is 0 Å². The number of aryl methyl sites for hydroxylation is 1. The Bertz CT molecular complexity index is 598. The van der Waals surface area contributed by atoms with E-state index in [-0.39, 0.29) is 5.97 Å². The SMILES string of the molecule is CCOC(=O)CCCc1[nH]nc2cc(Cl)c(Br)cc12. The van der Waals surface area contributed by atoms with Crippen molar-refractivity contribution in [1.82, 2.24) is 10.2 Å². The van der Waals surface area contributed by atoms with Crippen LogP contribution >= 0.6 is 27.5 Å². The summed E-state index contributed by atoms with van der Waals surface area (Å²) in [5.41, 5.74) is 1.84. The second kappa shape index (κ2) is 6.39. The van der Waals surface area contributed by atoms with E-state index in [0.717, 1.165) is 33.9 Å². The van der Waals surface area contributed by atoms with Crippen LogP contribution in [-0.4, -0.2) is 22.8 Å². The number of nitrogens with zero attached hydrogens (tertiary/aromatic N) is 1. The van der Waals surface area contributed by atoms with Gasteiger partial charge in [0.2, 0.25) is 0 Å². The fourth-order valence-corrected chi connectivity index (χ4v) is 2.39. The molecule has 0 spiro atoms. The van der Waals surface area contributed by atoms with Crippen molar-refractivity contribution in [1.29, 1.82) is 0 Å². The molecule has 0 unspecified atom stereocenters. The summed E-state index contributed by atoms with van der Waals surface area (Å²) in [4.78, 5) is 11.3. The maximum absolute atomic E-state index is 11.3. The summed E-state index contributed by atoms with van der Waals surface area (Å²) in [7, 11) is 0. The number of fused-ring (bicyclic) bond motifs is 1. The molecule has 0 aliphatic heterocycles. The van der Waals surface area contributed by atoms with Gasteiger partial charge in [-0.3, -0.25) is 9.89 Å². The Morgan fingerprint density at radius 1 is 1.53 bits per heavy atom. The highest BCUT2D eigenvalue weighted by Gasteiger charge is 2.09. The fraction of sp³-hybridized carbons (Fsp3) is 0.385. The molecule has 6 heteroatoms. The molecule has 0 atom stereocenters. The Morgan fingerprint density at radius 3 is 3.05 bits per heavy atom. The van der Waals surface area contributed by atoms with Crippen LogP contribution < -0.4 is 0 Å². The zero-order valence-electron chi connectivity index (χ0n) is 10.5. The molecule has 1 aromatic carbocycles. The van der Waals surface area contributed by atoms with Crippen LogP contribution in [0.25, 0.3) is 10.9 Å². The predicted molar refractivity (Wildman–Crippen MR) is 78.4 cm³/mol. The van der Waals surface area contributed by atoms with Gasteiger partial charge in [-0.2, -0.15) is 5.10 Å². The van der Waals surface area contributed by atoms with E-state index in [1.807, 2.05) is 19.1 Å². The van der Waals surface area contributed by atoms with Crippen molar-refractivity contribution in [2.45, 2.75) is 26.2 Å². The highest BCUT2D eigenvalue weighted by Crippen LogP contribution is 2.29. The first-order chi connectivity index (χ1) is 9.11. The molecule has 2 aromatic rings. The van der Waals surface area contributed by atoms with Crippen molar-refractivity contribution in [3.05, 3.63) is 27.3 Å². The van der Waals surface area contributed by atoms with Crippen LogP contribution in [0.3, 0.4) is 0 Å². The molecule has 0 saturated heterocycles. The number of hydrogen-bond donors (Lipinski definition) is 1. The van der Waals surface area contributed by atoms with E-state index >= 15 is 0 Å². The highest BCUT2D eigenvalue weighted by molar-refractivity contribution is 9.10. The lowest BCUT2D eigenvalue weighted by atomic mass is 10.1. The van der Waals surface area contributed by atoms with Crippen molar-refractivity contribution in [3.8, 4) is 0 Å². The van der Waals surface area contributed by atoms with Gasteiger partial charge in [0.15, 0.2) is 0 Å². The number of nitrogens with one attached hydrogen (secondary N) is 1. The second-order valence-corrected chi connectivity index (χ2v) is 5.41. The Balaban J connectivity index is 2.05. The largest absolute Gasteiger partial charge is 0.466 e. The van der Waals surface area contributed by atoms with E-state index in [1.165, 1.54) is 0 Å².